The summed E-state index contributed by atoms with van der Waals surface area (Å²) in [5.41, 5.74) is 3.84. The molecule has 0 aliphatic rings. The van der Waals surface area contributed by atoms with Gasteiger partial charge in [0.15, 0.2) is 0 Å². The highest BCUT2D eigenvalue weighted by Crippen LogP contribution is 2.33. The topological polar surface area (TPSA) is 62.4 Å². The molecule has 2 aromatic carbocycles. The zero-order chi connectivity index (χ0) is 15.9. The van der Waals surface area contributed by atoms with E-state index in [2.05, 4.69) is 16.0 Å². The zero-order valence-electron chi connectivity index (χ0n) is 13.1. The zero-order valence-corrected chi connectivity index (χ0v) is 14.1. The molecule has 0 radical (unpaired) electrons. The molecule has 0 aromatic heterocycles. The average molecular weight is 319 g/mol. The number of nitrogens with one attached hydrogen (secondary N) is 3. The molecule has 0 amide bonds. The van der Waals surface area contributed by atoms with Crippen LogP contribution in [0.15, 0.2) is 42.5 Å². The second-order valence-corrected chi connectivity index (χ2v) is 6.18. The Morgan fingerprint density at radius 2 is 1.55 bits per heavy atom. The van der Waals surface area contributed by atoms with E-state index in [9.17, 15) is 4.57 Å². The van der Waals surface area contributed by atoms with Crippen molar-refractivity contribution in [3.8, 4) is 0 Å². The normalized spacial score (nSPS) is 11.8. The molecule has 2 aromatic rings. The van der Waals surface area contributed by atoms with Crippen molar-refractivity contribution >= 4 is 30.4 Å². The summed E-state index contributed by atoms with van der Waals surface area (Å²) in [5, 5.41) is 10.2. The molecular weight excluding hydrogens is 297 g/mol. The molecule has 0 spiro atoms. The third kappa shape index (κ3) is 3.81. The Labute approximate surface area is 132 Å². The van der Waals surface area contributed by atoms with Gasteiger partial charge in [0.2, 0.25) is 8.03 Å². The highest BCUT2D eigenvalue weighted by molar-refractivity contribution is 7.48. The summed E-state index contributed by atoms with van der Waals surface area (Å²) in [6, 6.07) is 13.3. The van der Waals surface area contributed by atoms with Gasteiger partial charge in [-0.15, -0.1) is 0 Å². The standard InChI is InChI=1S/C16H22N3O2P/c1-17-12-9-15(18-2)14(16(10-12)19-3)11-21-22(20)13-7-5-4-6-8-13/h4-10,17-19,22H,11H2,1-3H3. The van der Waals surface area contributed by atoms with Crippen molar-refractivity contribution in [2.75, 3.05) is 37.1 Å². The van der Waals surface area contributed by atoms with E-state index in [0.717, 1.165) is 27.9 Å². The molecule has 0 saturated carbocycles. The molecule has 1 unspecified atom stereocenters. The molecule has 6 heteroatoms. The van der Waals surface area contributed by atoms with Gasteiger partial charge in [-0.2, -0.15) is 0 Å². The Kier molecular flexibility index (Phi) is 5.87. The van der Waals surface area contributed by atoms with Crippen LogP contribution in [0.4, 0.5) is 17.1 Å². The lowest BCUT2D eigenvalue weighted by atomic mass is 10.1. The molecule has 118 valence electrons. The molecule has 0 aliphatic carbocycles. The third-order valence-electron chi connectivity index (χ3n) is 3.43. The van der Waals surface area contributed by atoms with Gasteiger partial charge in [0.05, 0.1) is 6.61 Å². The van der Waals surface area contributed by atoms with Crippen molar-refractivity contribution in [1.29, 1.82) is 0 Å². The summed E-state index contributed by atoms with van der Waals surface area (Å²) >= 11 is 0. The lowest BCUT2D eigenvalue weighted by Crippen LogP contribution is -2.05. The smallest absolute Gasteiger partial charge is 0.220 e. The maximum atomic E-state index is 12.3. The Morgan fingerprint density at radius 3 is 2.05 bits per heavy atom. The van der Waals surface area contributed by atoms with Gasteiger partial charge in [-0.3, -0.25) is 4.57 Å². The van der Waals surface area contributed by atoms with E-state index in [4.69, 9.17) is 4.52 Å². The van der Waals surface area contributed by atoms with E-state index in [1.807, 2.05) is 63.6 Å². The van der Waals surface area contributed by atoms with Crippen LogP contribution >= 0.6 is 8.03 Å². The van der Waals surface area contributed by atoms with Crippen LogP contribution in [-0.2, 0) is 15.7 Å². The van der Waals surface area contributed by atoms with Gasteiger partial charge in [0.25, 0.3) is 0 Å². The van der Waals surface area contributed by atoms with Gasteiger partial charge in [0.1, 0.15) is 0 Å². The SMILES string of the molecule is CNc1cc(NC)c(CO[PH](=O)c2ccccc2)c(NC)c1. The largest absolute Gasteiger partial charge is 0.388 e. The number of hydrogen-bond donors (Lipinski definition) is 3. The average Bonchev–Trinajstić information content (AvgIpc) is 2.59. The first-order valence-electron chi connectivity index (χ1n) is 7.12. The predicted octanol–water partition coefficient (Wildman–Crippen LogP) is 3.13. The van der Waals surface area contributed by atoms with Crippen molar-refractivity contribution in [3.05, 3.63) is 48.0 Å². The van der Waals surface area contributed by atoms with Gasteiger partial charge in [-0.1, -0.05) is 18.2 Å². The molecule has 3 N–H and O–H groups in total. The fourth-order valence-electron chi connectivity index (χ4n) is 2.21. The highest BCUT2D eigenvalue weighted by Gasteiger charge is 2.12. The number of rotatable bonds is 7. The van der Waals surface area contributed by atoms with Crippen molar-refractivity contribution < 1.29 is 9.09 Å². The minimum Gasteiger partial charge on any atom is -0.388 e. The van der Waals surface area contributed by atoms with E-state index >= 15 is 0 Å². The Bertz CT molecular complexity index is 622. The second kappa shape index (κ2) is 7.87. The molecule has 5 nitrogen and oxygen atoms in total. The van der Waals surface area contributed by atoms with Gasteiger partial charge in [0, 0.05) is 49.1 Å². The molecule has 22 heavy (non-hydrogen) atoms. The third-order valence-corrected chi connectivity index (χ3v) is 4.65. The summed E-state index contributed by atoms with van der Waals surface area (Å²) in [7, 11) is 3.34. The van der Waals surface area contributed by atoms with Crippen LogP contribution in [0.3, 0.4) is 0 Å². The number of anilines is 3. The lowest BCUT2D eigenvalue weighted by Gasteiger charge is -2.17. The summed E-state index contributed by atoms with van der Waals surface area (Å²) in [6.45, 7) is 0.281. The first kappa shape index (κ1) is 16.4. The van der Waals surface area contributed by atoms with Crippen LogP contribution < -0.4 is 21.3 Å². The molecule has 1 atom stereocenters. The quantitative estimate of drug-likeness (QED) is 0.685. The highest BCUT2D eigenvalue weighted by atomic mass is 31.1. The van der Waals surface area contributed by atoms with Crippen molar-refractivity contribution in [2.45, 2.75) is 6.61 Å². The Balaban J connectivity index is 2.20. The van der Waals surface area contributed by atoms with Crippen LogP contribution in [-0.4, -0.2) is 21.1 Å². The maximum absolute atomic E-state index is 12.3. The molecule has 0 bridgehead atoms. The van der Waals surface area contributed by atoms with Gasteiger partial charge in [-0.25, -0.2) is 0 Å². The Morgan fingerprint density at radius 1 is 0.955 bits per heavy atom. The van der Waals surface area contributed by atoms with Crippen LogP contribution in [0.5, 0.6) is 0 Å². The maximum Gasteiger partial charge on any atom is 0.220 e. The molecule has 2 rings (SSSR count). The molecular formula is C16H22N3O2P. The molecule has 0 heterocycles. The van der Waals surface area contributed by atoms with Crippen LogP contribution in [0.25, 0.3) is 0 Å². The van der Waals surface area contributed by atoms with Crippen molar-refractivity contribution in [2.24, 2.45) is 0 Å². The van der Waals surface area contributed by atoms with Crippen LogP contribution in [0, 0.1) is 0 Å². The second-order valence-electron chi connectivity index (χ2n) is 4.74. The van der Waals surface area contributed by atoms with Gasteiger partial charge < -0.3 is 20.5 Å². The van der Waals surface area contributed by atoms with Crippen LogP contribution in [0.1, 0.15) is 5.56 Å². The molecule has 0 aliphatic heterocycles. The van der Waals surface area contributed by atoms with Crippen molar-refractivity contribution in [3.63, 3.8) is 0 Å². The minimum atomic E-state index is -2.25. The van der Waals surface area contributed by atoms with E-state index in [1.165, 1.54) is 0 Å². The first-order chi connectivity index (χ1) is 10.7. The summed E-state index contributed by atoms with van der Waals surface area (Å²) < 4.78 is 17.9. The monoisotopic (exact) mass is 319 g/mol. The molecule has 0 saturated heterocycles. The van der Waals surface area contributed by atoms with Gasteiger partial charge in [-0.05, 0) is 24.3 Å². The van der Waals surface area contributed by atoms with Gasteiger partial charge >= 0.3 is 0 Å². The van der Waals surface area contributed by atoms with E-state index < -0.39 is 8.03 Å². The summed E-state index contributed by atoms with van der Waals surface area (Å²) in [4.78, 5) is 0. The summed E-state index contributed by atoms with van der Waals surface area (Å²) in [5.74, 6) is 0. The van der Waals surface area contributed by atoms with Crippen molar-refractivity contribution in [1.82, 2.24) is 0 Å². The fourth-order valence-corrected chi connectivity index (χ4v) is 3.12. The van der Waals surface area contributed by atoms with E-state index in [-0.39, 0.29) is 6.61 Å². The van der Waals surface area contributed by atoms with Crippen LogP contribution in [0.2, 0.25) is 0 Å². The Hall–Kier alpha value is -1.97. The molecule has 0 fully saturated rings. The fraction of sp³-hybridized carbons (Fsp3) is 0.250. The number of hydrogen-bond acceptors (Lipinski definition) is 5. The minimum absolute atomic E-state index is 0.281. The van der Waals surface area contributed by atoms with E-state index in [1.54, 1.807) is 0 Å². The predicted molar refractivity (Wildman–Crippen MR) is 94.9 cm³/mol. The number of benzene rings is 2. The summed E-state index contributed by atoms with van der Waals surface area (Å²) in [6.07, 6.45) is 0. The van der Waals surface area contributed by atoms with E-state index in [0.29, 0.717) is 0 Å². The lowest BCUT2D eigenvalue weighted by molar-refractivity contribution is 0.326. The first-order valence-corrected chi connectivity index (χ1v) is 8.43.